The molecule has 0 unspecified atom stereocenters. The van der Waals surface area contributed by atoms with Crippen molar-refractivity contribution in [3.63, 3.8) is 0 Å². The molecule has 0 radical (unpaired) electrons. The monoisotopic (exact) mass is 560 g/mol. The molecule has 0 saturated carbocycles. The van der Waals surface area contributed by atoms with Crippen LogP contribution in [0.5, 0.6) is 11.5 Å². The van der Waals surface area contributed by atoms with Gasteiger partial charge in [-0.1, -0.05) is 47.5 Å². The van der Waals surface area contributed by atoms with Crippen LogP contribution in [0.2, 0.25) is 10.0 Å². The second-order valence-corrected chi connectivity index (χ2v) is 8.93. The van der Waals surface area contributed by atoms with Crippen LogP contribution in [0, 0.1) is 0 Å². The summed E-state index contributed by atoms with van der Waals surface area (Å²) < 4.78 is 48.9. The standard InChI is InChI=1S/C26H17Cl2F3N4O3/c27-18-5-1-16(2-6-18)22-15-32-35-24(23(22)17-3-7-19(28)8-4-17)33-34(25(35)36)13-14-37-20-9-11-21(12-10-20)38-26(29,30)31/h1-12,15H,13-14H2. The van der Waals surface area contributed by atoms with E-state index < -0.39 is 12.1 Å². The molecule has 0 spiro atoms. The summed E-state index contributed by atoms with van der Waals surface area (Å²) in [6.07, 6.45) is -3.19. The highest BCUT2D eigenvalue weighted by molar-refractivity contribution is 6.31. The Hall–Kier alpha value is -4.02. The molecule has 0 aliphatic carbocycles. The van der Waals surface area contributed by atoms with Gasteiger partial charge in [-0.3, -0.25) is 0 Å². The molecule has 0 aliphatic heterocycles. The van der Waals surface area contributed by atoms with Crippen LogP contribution in [0.15, 0.2) is 83.8 Å². The number of rotatable bonds is 7. The lowest BCUT2D eigenvalue weighted by molar-refractivity contribution is -0.274. The summed E-state index contributed by atoms with van der Waals surface area (Å²) in [6.45, 7) is 0.100. The Balaban J connectivity index is 1.45. The smallest absolute Gasteiger partial charge is 0.492 e. The number of halogens is 5. The minimum absolute atomic E-state index is 0.0313. The van der Waals surface area contributed by atoms with Gasteiger partial charge in [-0.25, -0.2) is 9.48 Å². The first kappa shape index (κ1) is 25.6. The van der Waals surface area contributed by atoms with Crippen LogP contribution in [0.3, 0.4) is 0 Å². The van der Waals surface area contributed by atoms with Gasteiger partial charge in [0.25, 0.3) is 0 Å². The summed E-state index contributed by atoms with van der Waals surface area (Å²) in [5.74, 6) is -0.0555. The number of hydrogen-bond acceptors (Lipinski definition) is 5. The Morgan fingerprint density at radius 1 is 0.816 bits per heavy atom. The van der Waals surface area contributed by atoms with Crippen molar-refractivity contribution < 1.29 is 22.6 Å². The second-order valence-electron chi connectivity index (χ2n) is 8.06. The normalized spacial score (nSPS) is 11.6. The lowest BCUT2D eigenvalue weighted by atomic mass is 9.97. The number of aromatic nitrogens is 4. The van der Waals surface area contributed by atoms with E-state index in [1.807, 2.05) is 24.3 Å². The van der Waals surface area contributed by atoms with Crippen LogP contribution >= 0.6 is 23.2 Å². The van der Waals surface area contributed by atoms with Gasteiger partial charge >= 0.3 is 12.1 Å². The van der Waals surface area contributed by atoms with Crippen molar-refractivity contribution in [2.45, 2.75) is 12.9 Å². The van der Waals surface area contributed by atoms with Crippen molar-refractivity contribution >= 4 is 28.8 Å². The zero-order chi connectivity index (χ0) is 26.9. The van der Waals surface area contributed by atoms with Crippen molar-refractivity contribution in [2.24, 2.45) is 0 Å². The van der Waals surface area contributed by atoms with Gasteiger partial charge < -0.3 is 9.47 Å². The summed E-state index contributed by atoms with van der Waals surface area (Å²) >= 11 is 12.2. The van der Waals surface area contributed by atoms with Crippen LogP contribution in [0.25, 0.3) is 27.9 Å². The van der Waals surface area contributed by atoms with Crippen LogP contribution in [-0.4, -0.2) is 32.4 Å². The molecule has 5 aromatic rings. The largest absolute Gasteiger partial charge is 0.573 e. The van der Waals surface area contributed by atoms with E-state index in [4.69, 9.17) is 27.9 Å². The van der Waals surface area contributed by atoms with E-state index in [-0.39, 0.29) is 18.9 Å². The topological polar surface area (TPSA) is 70.7 Å². The Morgan fingerprint density at radius 3 is 2.00 bits per heavy atom. The molecule has 0 N–H and O–H groups in total. The predicted octanol–water partition coefficient (Wildman–Crippen LogP) is 6.51. The third-order valence-corrected chi connectivity index (χ3v) is 6.03. The number of benzene rings is 3. The van der Waals surface area contributed by atoms with Crippen molar-refractivity contribution in [3.05, 3.63) is 99.5 Å². The minimum atomic E-state index is -4.78. The molecule has 38 heavy (non-hydrogen) atoms. The maximum Gasteiger partial charge on any atom is 0.573 e. The van der Waals surface area contributed by atoms with Crippen molar-refractivity contribution in [1.82, 2.24) is 19.4 Å². The van der Waals surface area contributed by atoms with Crippen LogP contribution < -0.4 is 15.2 Å². The van der Waals surface area contributed by atoms with Gasteiger partial charge in [0.05, 0.1) is 12.7 Å². The highest BCUT2D eigenvalue weighted by atomic mass is 35.5. The molecule has 0 bridgehead atoms. The molecule has 12 heteroatoms. The summed E-state index contributed by atoms with van der Waals surface area (Å²) in [7, 11) is 0. The lowest BCUT2D eigenvalue weighted by Gasteiger charge is -2.11. The first-order valence-corrected chi connectivity index (χ1v) is 11.9. The fraction of sp³-hybridized carbons (Fsp3) is 0.115. The SMILES string of the molecule is O=c1n(CCOc2ccc(OC(F)(F)F)cc2)nc2c(-c3ccc(Cl)cc3)c(-c3ccc(Cl)cc3)cnn12. The quantitative estimate of drug-likeness (QED) is 0.227. The fourth-order valence-corrected chi connectivity index (χ4v) is 4.09. The predicted molar refractivity (Wildman–Crippen MR) is 137 cm³/mol. The van der Waals surface area contributed by atoms with E-state index in [2.05, 4.69) is 14.9 Å². The molecule has 3 aromatic carbocycles. The molecule has 2 heterocycles. The summed E-state index contributed by atoms with van der Waals surface area (Å²) in [4.78, 5) is 13.1. The molecular formula is C26H17Cl2F3N4O3. The number of nitrogens with zero attached hydrogens (tertiary/aromatic N) is 4. The summed E-state index contributed by atoms with van der Waals surface area (Å²) in [5, 5.41) is 9.99. The maximum atomic E-state index is 13.1. The molecule has 0 amide bonds. The van der Waals surface area contributed by atoms with Crippen molar-refractivity contribution in [3.8, 4) is 33.8 Å². The average molecular weight is 561 g/mol. The molecule has 0 atom stereocenters. The van der Waals surface area contributed by atoms with E-state index in [0.717, 1.165) is 28.8 Å². The van der Waals surface area contributed by atoms with Gasteiger partial charge in [0, 0.05) is 21.2 Å². The molecule has 0 fully saturated rings. The Kier molecular flexibility index (Phi) is 7.00. The number of fused-ring (bicyclic) bond motifs is 1. The van der Waals surface area contributed by atoms with E-state index in [1.54, 1.807) is 30.5 Å². The molecular weight excluding hydrogens is 544 g/mol. The average Bonchev–Trinajstić information content (AvgIpc) is 3.20. The maximum absolute atomic E-state index is 13.1. The zero-order valence-electron chi connectivity index (χ0n) is 19.3. The van der Waals surface area contributed by atoms with E-state index >= 15 is 0 Å². The van der Waals surface area contributed by atoms with Crippen molar-refractivity contribution in [1.29, 1.82) is 0 Å². The first-order chi connectivity index (χ1) is 18.2. The summed E-state index contributed by atoms with van der Waals surface area (Å²) in [6, 6.07) is 19.3. The van der Waals surface area contributed by atoms with Gasteiger partial charge in [0.1, 0.15) is 18.1 Å². The van der Waals surface area contributed by atoms with E-state index in [0.29, 0.717) is 27.0 Å². The molecule has 0 aliphatic rings. The number of hydrogen-bond donors (Lipinski definition) is 0. The third-order valence-electron chi connectivity index (χ3n) is 5.53. The number of alkyl halides is 3. The Morgan fingerprint density at radius 2 is 1.39 bits per heavy atom. The summed E-state index contributed by atoms with van der Waals surface area (Å²) in [5.41, 5.74) is 2.88. The van der Waals surface area contributed by atoms with Gasteiger partial charge in [-0.15, -0.1) is 18.3 Å². The van der Waals surface area contributed by atoms with E-state index in [9.17, 15) is 18.0 Å². The number of ether oxygens (including phenoxy) is 2. The lowest BCUT2D eigenvalue weighted by Crippen LogP contribution is -2.25. The highest BCUT2D eigenvalue weighted by Crippen LogP contribution is 2.35. The first-order valence-electron chi connectivity index (χ1n) is 11.2. The van der Waals surface area contributed by atoms with Crippen LogP contribution in [0.1, 0.15) is 0 Å². The van der Waals surface area contributed by atoms with Gasteiger partial charge in [0.2, 0.25) is 0 Å². The zero-order valence-corrected chi connectivity index (χ0v) is 20.8. The highest BCUT2D eigenvalue weighted by Gasteiger charge is 2.31. The second kappa shape index (κ2) is 10.4. The van der Waals surface area contributed by atoms with Crippen LogP contribution in [0.4, 0.5) is 13.2 Å². The fourth-order valence-electron chi connectivity index (χ4n) is 3.84. The molecule has 7 nitrogen and oxygen atoms in total. The Labute approximate surface area is 223 Å². The van der Waals surface area contributed by atoms with Gasteiger partial charge in [-0.2, -0.15) is 9.61 Å². The molecule has 0 saturated heterocycles. The van der Waals surface area contributed by atoms with Crippen LogP contribution in [-0.2, 0) is 6.54 Å². The van der Waals surface area contributed by atoms with Gasteiger partial charge in [-0.05, 0) is 59.7 Å². The Bertz CT molecular complexity index is 1630. The van der Waals surface area contributed by atoms with E-state index in [1.165, 1.54) is 21.3 Å². The molecule has 5 rings (SSSR count). The third kappa shape index (κ3) is 5.61. The minimum Gasteiger partial charge on any atom is -0.492 e. The molecule has 194 valence electrons. The van der Waals surface area contributed by atoms with Crippen molar-refractivity contribution in [2.75, 3.05) is 6.61 Å². The molecule has 2 aromatic heterocycles. The van der Waals surface area contributed by atoms with Gasteiger partial charge in [0.15, 0.2) is 5.65 Å².